The molecule has 4 amide bonds. The van der Waals surface area contributed by atoms with Gasteiger partial charge in [-0.1, -0.05) is 17.7 Å². The number of imide groups is 2. The van der Waals surface area contributed by atoms with Crippen LogP contribution in [-0.4, -0.2) is 26.3 Å². The number of aryl methyl sites for hydroxylation is 2. The fraction of sp³-hybridized carbons (Fsp3) is 0.0870. The number of nitrogens with zero attached hydrogens (tertiary/aromatic N) is 1. The first kappa shape index (κ1) is 22.2. The summed E-state index contributed by atoms with van der Waals surface area (Å²) in [6, 6.07) is 13.3. The topological polar surface area (TPSA) is 140 Å². The molecular formula is C23H19N3O6S. The highest BCUT2D eigenvalue weighted by molar-refractivity contribution is 7.89. The zero-order valence-electron chi connectivity index (χ0n) is 17.7. The zero-order chi connectivity index (χ0) is 23.9. The van der Waals surface area contributed by atoms with E-state index in [4.69, 9.17) is 9.56 Å². The average Bonchev–Trinajstić information content (AvgIpc) is 3.21. The Balaban J connectivity index is 1.66. The summed E-state index contributed by atoms with van der Waals surface area (Å²) in [5.41, 5.74) is 2.35. The van der Waals surface area contributed by atoms with Gasteiger partial charge < -0.3 is 4.42 Å². The monoisotopic (exact) mass is 465 g/mol. The van der Waals surface area contributed by atoms with Gasteiger partial charge in [0.25, 0.3) is 11.8 Å². The highest BCUT2D eigenvalue weighted by atomic mass is 32.2. The minimum atomic E-state index is -3.82. The minimum Gasteiger partial charge on any atom is -0.457 e. The third-order valence-electron chi connectivity index (χ3n) is 5.08. The summed E-state index contributed by atoms with van der Waals surface area (Å²) in [5, 5.41) is 7.28. The molecule has 10 heteroatoms. The van der Waals surface area contributed by atoms with E-state index in [9.17, 15) is 22.8 Å². The fourth-order valence-electron chi connectivity index (χ4n) is 3.47. The van der Waals surface area contributed by atoms with Crippen LogP contribution in [0.15, 0.2) is 69.5 Å². The number of nitrogens with two attached hydrogens (primary N) is 1. The van der Waals surface area contributed by atoms with Gasteiger partial charge in [0.2, 0.25) is 10.0 Å². The van der Waals surface area contributed by atoms with Crippen molar-refractivity contribution in [2.75, 3.05) is 4.90 Å². The number of carbonyl (C=O) groups excluding carboxylic acids is 3. The van der Waals surface area contributed by atoms with E-state index in [-0.39, 0.29) is 16.2 Å². The Bertz CT molecular complexity index is 1440. The molecule has 0 radical (unpaired) electrons. The maximum absolute atomic E-state index is 13.1. The molecule has 1 aliphatic rings. The van der Waals surface area contributed by atoms with Crippen LogP contribution in [0.3, 0.4) is 0 Å². The molecule has 0 atom stereocenters. The molecule has 1 fully saturated rings. The molecule has 0 unspecified atom stereocenters. The molecule has 9 nitrogen and oxygen atoms in total. The summed E-state index contributed by atoms with van der Waals surface area (Å²) >= 11 is 0. The minimum absolute atomic E-state index is 0.0409. The van der Waals surface area contributed by atoms with E-state index in [0.717, 1.165) is 10.5 Å². The van der Waals surface area contributed by atoms with E-state index in [1.165, 1.54) is 30.3 Å². The predicted molar refractivity (Wildman–Crippen MR) is 120 cm³/mol. The smallest absolute Gasteiger partial charge is 0.335 e. The second-order valence-electron chi connectivity index (χ2n) is 7.52. The van der Waals surface area contributed by atoms with Gasteiger partial charge in [0, 0.05) is 5.56 Å². The second-order valence-corrected chi connectivity index (χ2v) is 9.08. The van der Waals surface area contributed by atoms with E-state index < -0.39 is 27.9 Å². The van der Waals surface area contributed by atoms with Gasteiger partial charge in [-0.25, -0.2) is 23.3 Å². The Morgan fingerprint density at radius 1 is 0.970 bits per heavy atom. The van der Waals surface area contributed by atoms with E-state index in [0.29, 0.717) is 22.6 Å². The number of benzene rings is 2. The van der Waals surface area contributed by atoms with Gasteiger partial charge in [-0.15, -0.1) is 0 Å². The SMILES string of the molecule is Cc1ccc(N2C(=O)NC(=O)/C(=C\c3ccc(-c4ccc(S(N)(=O)=O)cc4)o3)C2=O)c(C)c1. The number of anilines is 1. The van der Waals surface area contributed by atoms with Crippen molar-refractivity contribution in [1.82, 2.24) is 5.32 Å². The maximum Gasteiger partial charge on any atom is 0.335 e. The quantitative estimate of drug-likeness (QED) is 0.449. The van der Waals surface area contributed by atoms with Gasteiger partial charge in [0.05, 0.1) is 10.6 Å². The fourth-order valence-corrected chi connectivity index (χ4v) is 3.98. The number of hydrogen-bond donors (Lipinski definition) is 2. The van der Waals surface area contributed by atoms with Crippen molar-refractivity contribution < 1.29 is 27.2 Å². The Morgan fingerprint density at radius 3 is 2.30 bits per heavy atom. The molecule has 1 aromatic heterocycles. The van der Waals surface area contributed by atoms with Crippen LogP contribution in [0.5, 0.6) is 0 Å². The first-order valence-corrected chi connectivity index (χ1v) is 11.3. The number of sulfonamides is 1. The third-order valence-corrected chi connectivity index (χ3v) is 6.00. The molecule has 2 aromatic carbocycles. The molecule has 0 spiro atoms. The molecule has 3 N–H and O–H groups in total. The number of amides is 4. The number of nitrogens with one attached hydrogen (secondary N) is 1. The molecule has 0 aliphatic carbocycles. The Morgan fingerprint density at radius 2 is 1.67 bits per heavy atom. The standard InChI is InChI=1S/C23H19N3O6S/c1-13-3-9-19(14(2)11-13)26-22(28)18(21(27)25-23(26)29)12-16-6-10-20(32-16)15-4-7-17(8-5-15)33(24,30)31/h3-12H,1-2H3,(H2,24,30,31)(H,25,27,29)/b18-12+. The summed E-state index contributed by atoms with van der Waals surface area (Å²) in [5.74, 6) is -1.02. The molecule has 3 aromatic rings. The van der Waals surface area contributed by atoms with Crippen molar-refractivity contribution in [2.45, 2.75) is 18.7 Å². The van der Waals surface area contributed by atoms with Crippen LogP contribution >= 0.6 is 0 Å². The van der Waals surface area contributed by atoms with E-state index in [1.807, 2.05) is 13.0 Å². The molecular weight excluding hydrogens is 446 g/mol. The van der Waals surface area contributed by atoms with Crippen molar-refractivity contribution >= 4 is 39.6 Å². The normalized spacial score (nSPS) is 15.8. The molecule has 0 bridgehead atoms. The van der Waals surface area contributed by atoms with Gasteiger partial charge in [-0.05, 0) is 68.0 Å². The number of rotatable bonds is 4. The number of primary sulfonamides is 1. The van der Waals surface area contributed by atoms with Crippen molar-refractivity contribution in [1.29, 1.82) is 0 Å². The Labute approximate surface area is 189 Å². The summed E-state index contributed by atoms with van der Waals surface area (Å²) in [7, 11) is -3.82. The Hall–Kier alpha value is -4.02. The molecule has 168 valence electrons. The highest BCUT2D eigenvalue weighted by Gasteiger charge is 2.37. The summed E-state index contributed by atoms with van der Waals surface area (Å²) in [4.78, 5) is 38.7. The van der Waals surface area contributed by atoms with Crippen LogP contribution in [-0.2, 0) is 19.6 Å². The number of carbonyl (C=O) groups is 3. The molecule has 4 rings (SSSR count). The van der Waals surface area contributed by atoms with Gasteiger partial charge in [0.1, 0.15) is 17.1 Å². The lowest BCUT2D eigenvalue weighted by molar-refractivity contribution is -0.122. The first-order valence-electron chi connectivity index (χ1n) is 9.76. The largest absolute Gasteiger partial charge is 0.457 e. The lowest BCUT2D eigenvalue weighted by Crippen LogP contribution is -2.54. The third kappa shape index (κ3) is 4.34. The predicted octanol–water partition coefficient (Wildman–Crippen LogP) is 2.88. The van der Waals surface area contributed by atoms with E-state index in [2.05, 4.69) is 5.32 Å². The molecule has 1 saturated heterocycles. The molecule has 2 heterocycles. The number of furan rings is 1. The van der Waals surface area contributed by atoms with Crippen LogP contribution in [0.25, 0.3) is 17.4 Å². The number of urea groups is 1. The van der Waals surface area contributed by atoms with Crippen LogP contribution < -0.4 is 15.4 Å². The van der Waals surface area contributed by atoms with Gasteiger partial charge in [0.15, 0.2) is 0 Å². The number of hydrogen-bond acceptors (Lipinski definition) is 6. The Kier molecular flexibility index (Phi) is 5.48. The van der Waals surface area contributed by atoms with Gasteiger partial charge >= 0.3 is 6.03 Å². The van der Waals surface area contributed by atoms with Crippen LogP contribution in [0.2, 0.25) is 0 Å². The second kappa shape index (κ2) is 8.15. The number of barbiturate groups is 1. The summed E-state index contributed by atoms with van der Waals surface area (Å²) < 4.78 is 28.5. The average molecular weight is 465 g/mol. The van der Waals surface area contributed by atoms with Crippen molar-refractivity contribution in [3.05, 3.63) is 77.1 Å². The lowest BCUT2D eigenvalue weighted by atomic mass is 10.1. The van der Waals surface area contributed by atoms with Crippen molar-refractivity contribution in [2.24, 2.45) is 5.14 Å². The summed E-state index contributed by atoms with van der Waals surface area (Å²) in [6.45, 7) is 3.66. The van der Waals surface area contributed by atoms with E-state index in [1.54, 1.807) is 31.2 Å². The van der Waals surface area contributed by atoms with Crippen LogP contribution in [0.4, 0.5) is 10.5 Å². The molecule has 33 heavy (non-hydrogen) atoms. The molecule has 1 aliphatic heterocycles. The summed E-state index contributed by atoms with van der Waals surface area (Å²) in [6.07, 6.45) is 1.25. The molecule has 0 saturated carbocycles. The van der Waals surface area contributed by atoms with Crippen molar-refractivity contribution in [3.63, 3.8) is 0 Å². The van der Waals surface area contributed by atoms with E-state index >= 15 is 0 Å². The first-order chi connectivity index (χ1) is 15.5. The highest BCUT2D eigenvalue weighted by Crippen LogP contribution is 2.28. The van der Waals surface area contributed by atoms with Crippen LogP contribution in [0, 0.1) is 13.8 Å². The van der Waals surface area contributed by atoms with Gasteiger partial charge in [-0.3, -0.25) is 14.9 Å². The lowest BCUT2D eigenvalue weighted by Gasteiger charge is -2.27. The maximum atomic E-state index is 13.1. The van der Waals surface area contributed by atoms with Crippen molar-refractivity contribution in [3.8, 4) is 11.3 Å². The zero-order valence-corrected chi connectivity index (χ0v) is 18.5. The van der Waals surface area contributed by atoms with Crippen LogP contribution in [0.1, 0.15) is 16.9 Å². The van der Waals surface area contributed by atoms with Gasteiger partial charge in [-0.2, -0.15) is 0 Å².